The molecule has 1 aromatic carbocycles. The lowest BCUT2D eigenvalue weighted by Crippen LogP contribution is -2.24. The molecule has 0 saturated heterocycles. The molecule has 0 amide bonds. The summed E-state index contributed by atoms with van der Waals surface area (Å²) in [5.41, 5.74) is -0.633. The summed E-state index contributed by atoms with van der Waals surface area (Å²) in [6.07, 6.45) is -3.10. The minimum absolute atomic E-state index is 0.273. The highest BCUT2D eigenvalue weighted by Crippen LogP contribution is 2.47. The van der Waals surface area contributed by atoms with Gasteiger partial charge in [0.2, 0.25) is 0 Å². The van der Waals surface area contributed by atoms with Gasteiger partial charge in [-0.2, -0.15) is 5.26 Å². The van der Waals surface area contributed by atoms with Crippen LogP contribution >= 0.6 is 0 Å². The third-order valence-electron chi connectivity index (χ3n) is 3.65. The van der Waals surface area contributed by atoms with E-state index in [0.717, 1.165) is 25.0 Å². The maximum Gasteiger partial charge on any atom is 0.573 e. The molecule has 1 fully saturated rings. The van der Waals surface area contributed by atoms with Gasteiger partial charge in [-0.25, -0.2) is 0 Å². The summed E-state index contributed by atoms with van der Waals surface area (Å²) in [6.45, 7) is 0. The maximum absolute atomic E-state index is 12.2. The number of aliphatic hydroxyl groups excluding tert-OH is 1. The standard InChI is InChI=1S/C14H14F3NO2/c15-14(16,17)20-11-5-3-4-10(8-11)12(19)13(9-18)6-1-2-7-13/h3-5,8,12,19H,1-2,6-7H2. The van der Waals surface area contributed by atoms with Gasteiger partial charge in [-0.1, -0.05) is 25.0 Å². The van der Waals surface area contributed by atoms with Crippen molar-refractivity contribution in [2.75, 3.05) is 0 Å². The van der Waals surface area contributed by atoms with E-state index >= 15 is 0 Å². The number of hydrogen-bond acceptors (Lipinski definition) is 3. The predicted octanol–water partition coefficient (Wildman–Crippen LogP) is 3.70. The lowest BCUT2D eigenvalue weighted by Gasteiger charge is -2.27. The van der Waals surface area contributed by atoms with Crippen molar-refractivity contribution < 1.29 is 23.0 Å². The SMILES string of the molecule is N#CC1(C(O)c2cccc(OC(F)(F)F)c2)CCCC1. The zero-order valence-electron chi connectivity index (χ0n) is 10.7. The van der Waals surface area contributed by atoms with Crippen LogP contribution in [0.3, 0.4) is 0 Å². The molecule has 1 aliphatic rings. The van der Waals surface area contributed by atoms with Crippen LogP contribution in [0.5, 0.6) is 5.75 Å². The Morgan fingerprint density at radius 3 is 2.50 bits per heavy atom. The fraction of sp³-hybridized carbons (Fsp3) is 0.500. The Kier molecular flexibility index (Phi) is 3.91. The largest absolute Gasteiger partial charge is 0.573 e. The Balaban J connectivity index is 2.25. The van der Waals surface area contributed by atoms with Crippen molar-refractivity contribution in [1.82, 2.24) is 0 Å². The molecular weight excluding hydrogens is 271 g/mol. The Morgan fingerprint density at radius 1 is 1.30 bits per heavy atom. The van der Waals surface area contributed by atoms with Crippen LogP contribution in [0, 0.1) is 16.7 Å². The van der Waals surface area contributed by atoms with Crippen molar-refractivity contribution in [3.05, 3.63) is 29.8 Å². The van der Waals surface area contributed by atoms with E-state index in [1.807, 2.05) is 0 Å². The first kappa shape index (κ1) is 14.7. The van der Waals surface area contributed by atoms with Gasteiger partial charge in [-0.15, -0.1) is 13.2 Å². The van der Waals surface area contributed by atoms with E-state index in [1.165, 1.54) is 12.1 Å². The molecule has 0 aliphatic heterocycles. The van der Waals surface area contributed by atoms with Gasteiger partial charge in [0.1, 0.15) is 5.75 Å². The Morgan fingerprint density at radius 2 is 1.95 bits per heavy atom. The summed E-state index contributed by atoms with van der Waals surface area (Å²) in [4.78, 5) is 0. The van der Waals surface area contributed by atoms with Gasteiger partial charge in [0.25, 0.3) is 0 Å². The third-order valence-corrected chi connectivity index (χ3v) is 3.65. The van der Waals surface area contributed by atoms with Crippen molar-refractivity contribution in [2.24, 2.45) is 5.41 Å². The molecular formula is C14H14F3NO2. The molecule has 6 heteroatoms. The van der Waals surface area contributed by atoms with Gasteiger partial charge in [0, 0.05) is 0 Å². The van der Waals surface area contributed by atoms with Crippen molar-refractivity contribution >= 4 is 0 Å². The van der Waals surface area contributed by atoms with Crippen LogP contribution < -0.4 is 4.74 Å². The molecule has 1 N–H and O–H groups in total. The van der Waals surface area contributed by atoms with E-state index in [-0.39, 0.29) is 11.3 Å². The molecule has 1 saturated carbocycles. The molecule has 1 aliphatic carbocycles. The second-order valence-electron chi connectivity index (χ2n) is 5.00. The highest BCUT2D eigenvalue weighted by molar-refractivity contribution is 5.32. The highest BCUT2D eigenvalue weighted by atomic mass is 19.4. The van der Waals surface area contributed by atoms with Crippen LogP contribution in [0.2, 0.25) is 0 Å². The molecule has 0 heterocycles. The Bertz CT molecular complexity index is 516. The van der Waals surface area contributed by atoms with Crippen molar-refractivity contribution in [2.45, 2.75) is 38.1 Å². The fourth-order valence-corrected chi connectivity index (χ4v) is 2.65. The van der Waals surface area contributed by atoms with E-state index in [4.69, 9.17) is 0 Å². The lowest BCUT2D eigenvalue weighted by molar-refractivity contribution is -0.274. The minimum atomic E-state index is -4.77. The molecule has 3 nitrogen and oxygen atoms in total. The van der Waals surface area contributed by atoms with Gasteiger partial charge in [-0.3, -0.25) is 0 Å². The second-order valence-corrected chi connectivity index (χ2v) is 5.00. The summed E-state index contributed by atoms with van der Waals surface area (Å²) in [5, 5.41) is 19.6. The zero-order valence-corrected chi connectivity index (χ0v) is 10.7. The Labute approximate surface area is 114 Å². The summed E-state index contributed by atoms with van der Waals surface area (Å²) in [7, 11) is 0. The number of nitrogens with zero attached hydrogens (tertiary/aromatic N) is 1. The first-order valence-corrected chi connectivity index (χ1v) is 6.31. The monoisotopic (exact) mass is 285 g/mol. The molecule has 1 aromatic rings. The quantitative estimate of drug-likeness (QED) is 0.921. The maximum atomic E-state index is 12.2. The molecule has 2 rings (SSSR count). The number of rotatable bonds is 3. The van der Waals surface area contributed by atoms with Crippen molar-refractivity contribution in [1.29, 1.82) is 5.26 Å². The van der Waals surface area contributed by atoms with Crippen LogP contribution in [0.1, 0.15) is 37.4 Å². The van der Waals surface area contributed by atoms with Crippen molar-refractivity contribution in [3.8, 4) is 11.8 Å². The molecule has 0 bridgehead atoms. The molecule has 0 aromatic heterocycles. The second kappa shape index (κ2) is 5.33. The van der Waals surface area contributed by atoms with Gasteiger partial charge in [-0.05, 0) is 30.5 Å². The predicted molar refractivity (Wildman–Crippen MR) is 64.6 cm³/mol. The van der Waals surface area contributed by atoms with E-state index in [9.17, 15) is 23.5 Å². The van der Waals surface area contributed by atoms with E-state index in [0.29, 0.717) is 12.8 Å². The van der Waals surface area contributed by atoms with Gasteiger partial charge in [0.15, 0.2) is 0 Å². The topological polar surface area (TPSA) is 53.2 Å². The third kappa shape index (κ3) is 3.05. The van der Waals surface area contributed by atoms with E-state index in [1.54, 1.807) is 0 Å². The van der Waals surface area contributed by atoms with Crippen molar-refractivity contribution in [3.63, 3.8) is 0 Å². The molecule has 0 spiro atoms. The number of nitriles is 1. The normalized spacial score (nSPS) is 19.4. The molecule has 1 unspecified atom stereocenters. The first-order valence-electron chi connectivity index (χ1n) is 6.31. The summed E-state index contributed by atoms with van der Waals surface area (Å²) in [5.74, 6) is -0.389. The number of halogens is 3. The van der Waals surface area contributed by atoms with E-state index in [2.05, 4.69) is 10.8 Å². The molecule has 108 valence electrons. The number of aliphatic hydroxyl groups is 1. The van der Waals surface area contributed by atoms with Crippen LogP contribution in [-0.4, -0.2) is 11.5 Å². The zero-order chi connectivity index (χ0) is 14.8. The first-order chi connectivity index (χ1) is 9.36. The van der Waals surface area contributed by atoms with Gasteiger partial charge < -0.3 is 9.84 Å². The summed E-state index contributed by atoms with van der Waals surface area (Å²) in [6, 6.07) is 7.31. The molecule has 20 heavy (non-hydrogen) atoms. The molecule has 0 radical (unpaired) electrons. The summed E-state index contributed by atoms with van der Waals surface area (Å²) < 4.78 is 40.4. The van der Waals surface area contributed by atoms with Crippen LogP contribution in [0.25, 0.3) is 0 Å². The number of hydrogen-bond donors (Lipinski definition) is 1. The van der Waals surface area contributed by atoms with E-state index < -0.39 is 17.9 Å². The number of benzene rings is 1. The molecule has 1 atom stereocenters. The summed E-state index contributed by atoms with van der Waals surface area (Å²) >= 11 is 0. The van der Waals surface area contributed by atoms with Crippen LogP contribution in [-0.2, 0) is 0 Å². The van der Waals surface area contributed by atoms with Gasteiger partial charge in [0.05, 0.1) is 17.6 Å². The van der Waals surface area contributed by atoms with Crippen LogP contribution in [0.15, 0.2) is 24.3 Å². The van der Waals surface area contributed by atoms with Crippen LogP contribution in [0.4, 0.5) is 13.2 Å². The Hall–Kier alpha value is -1.74. The number of alkyl halides is 3. The minimum Gasteiger partial charge on any atom is -0.406 e. The van der Waals surface area contributed by atoms with Gasteiger partial charge >= 0.3 is 6.36 Å². The smallest absolute Gasteiger partial charge is 0.406 e. The highest BCUT2D eigenvalue weighted by Gasteiger charge is 2.42. The number of ether oxygens (including phenoxy) is 1. The average Bonchev–Trinajstić information content (AvgIpc) is 2.86. The average molecular weight is 285 g/mol. The lowest BCUT2D eigenvalue weighted by atomic mass is 9.79. The fourth-order valence-electron chi connectivity index (χ4n) is 2.65.